The van der Waals surface area contributed by atoms with Crippen LogP contribution in [-0.4, -0.2) is 51.4 Å². The number of ether oxygens (including phenoxy) is 1. The second-order valence-electron chi connectivity index (χ2n) is 9.49. The third kappa shape index (κ3) is 7.97. The molecule has 1 atom stereocenters. The molecule has 0 aromatic heterocycles. The van der Waals surface area contributed by atoms with Crippen molar-refractivity contribution in [1.29, 1.82) is 0 Å². The van der Waals surface area contributed by atoms with Crippen molar-refractivity contribution < 1.29 is 22.7 Å². The Bertz CT molecular complexity index is 1370. The van der Waals surface area contributed by atoms with Gasteiger partial charge in [0.05, 0.1) is 17.7 Å². The van der Waals surface area contributed by atoms with Gasteiger partial charge in [-0.2, -0.15) is 0 Å². The summed E-state index contributed by atoms with van der Waals surface area (Å²) >= 11 is 6.17. The van der Waals surface area contributed by atoms with E-state index >= 15 is 0 Å². The number of anilines is 1. The molecule has 1 N–H and O–H groups in total. The Hall–Kier alpha value is -3.56. The molecular weight excluding hydrogens is 538 g/mol. The number of sulfonamides is 1. The van der Waals surface area contributed by atoms with Crippen molar-refractivity contribution in [3.8, 4) is 5.75 Å². The molecule has 10 heteroatoms. The fourth-order valence-corrected chi connectivity index (χ4v) is 5.51. The number of hydrogen-bond donors (Lipinski definition) is 1. The predicted molar refractivity (Wildman–Crippen MR) is 153 cm³/mol. The minimum absolute atomic E-state index is 0.0396. The van der Waals surface area contributed by atoms with E-state index in [1.807, 2.05) is 13.8 Å². The van der Waals surface area contributed by atoms with E-state index in [2.05, 4.69) is 5.32 Å². The minimum atomic E-state index is -4.13. The van der Waals surface area contributed by atoms with Crippen LogP contribution in [0.4, 0.5) is 5.69 Å². The predicted octanol–water partition coefficient (Wildman–Crippen LogP) is 4.73. The lowest BCUT2D eigenvalue weighted by atomic mass is 10.1. The van der Waals surface area contributed by atoms with E-state index in [-0.39, 0.29) is 29.0 Å². The summed E-state index contributed by atoms with van der Waals surface area (Å²) in [7, 11) is -2.62. The van der Waals surface area contributed by atoms with Gasteiger partial charge in [0.25, 0.3) is 10.0 Å². The van der Waals surface area contributed by atoms with Crippen LogP contribution in [0.3, 0.4) is 0 Å². The molecule has 0 radical (unpaired) electrons. The van der Waals surface area contributed by atoms with Crippen molar-refractivity contribution in [3.05, 3.63) is 89.4 Å². The summed E-state index contributed by atoms with van der Waals surface area (Å²) in [4.78, 5) is 28.3. The normalized spacial score (nSPS) is 12.1. The summed E-state index contributed by atoms with van der Waals surface area (Å²) in [5.41, 5.74) is 0.994. The zero-order valence-corrected chi connectivity index (χ0v) is 24.1. The number of carbonyl (C=O) groups excluding carboxylic acids is 2. The zero-order chi connectivity index (χ0) is 28.6. The number of rotatable bonds is 12. The Morgan fingerprint density at radius 2 is 1.62 bits per heavy atom. The maximum atomic E-state index is 13.9. The Labute approximate surface area is 235 Å². The van der Waals surface area contributed by atoms with Crippen molar-refractivity contribution in [2.75, 3.05) is 24.5 Å². The third-order valence-corrected chi connectivity index (χ3v) is 8.09. The van der Waals surface area contributed by atoms with Crippen LogP contribution >= 0.6 is 11.6 Å². The standard InChI is InChI=1S/C29H34ClN3O5S/c1-21(2)18-31-29(35)22(3)32(19-23-9-8-10-24(30)17-23)28(34)20-33(25-13-15-26(38-4)16-14-25)39(36,37)27-11-6-5-7-12-27/h5-17,21-22H,18-20H2,1-4H3,(H,31,35). The first-order valence-corrected chi connectivity index (χ1v) is 14.4. The van der Waals surface area contributed by atoms with Gasteiger partial charge in [-0.1, -0.05) is 55.8 Å². The van der Waals surface area contributed by atoms with Gasteiger partial charge < -0.3 is 15.0 Å². The van der Waals surface area contributed by atoms with Crippen LogP contribution in [0.25, 0.3) is 0 Å². The van der Waals surface area contributed by atoms with Crippen molar-refractivity contribution in [1.82, 2.24) is 10.2 Å². The number of benzene rings is 3. The maximum Gasteiger partial charge on any atom is 0.264 e. The SMILES string of the molecule is COc1ccc(N(CC(=O)N(Cc2cccc(Cl)c2)C(C)C(=O)NCC(C)C)S(=O)(=O)c2ccccc2)cc1. The molecule has 1 unspecified atom stereocenters. The number of carbonyl (C=O) groups is 2. The van der Waals surface area contributed by atoms with Gasteiger partial charge in [-0.05, 0) is 66.9 Å². The summed E-state index contributed by atoms with van der Waals surface area (Å²) in [5, 5.41) is 3.35. The van der Waals surface area contributed by atoms with Crippen molar-refractivity contribution >= 4 is 39.1 Å². The molecule has 39 heavy (non-hydrogen) atoms. The second-order valence-corrected chi connectivity index (χ2v) is 11.8. The first-order valence-electron chi connectivity index (χ1n) is 12.6. The topological polar surface area (TPSA) is 96.0 Å². The molecular formula is C29H34ClN3O5S. The van der Waals surface area contributed by atoms with Gasteiger partial charge in [-0.25, -0.2) is 8.42 Å². The summed E-state index contributed by atoms with van der Waals surface area (Å²) in [6.45, 7) is 5.57. The Balaban J connectivity index is 2.00. The first kappa shape index (κ1) is 30.0. The summed E-state index contributed by atoms with van der Waals surface area (Å²) in [5.74, 6) is -0.113. The van der Waals surface area contributed by atoms with Gasteiger partial charge in [0.2, 0.25) is 11.8 Å². The second kappa shape index (κ2) is 13.5. The van der Waals surface area contributed by atoms with Crippen LogP contribution in [0.1, 0.15) is 26.3 Å². The number of amides is 2. The lowest BCUT2D eigenvalue weighted by molar-refractivity contribution is -0.139. The van der Waals surface area contributed by atoms with Crippen LogP contribution < -0.4 is 14.4 Å². The molecule has 208 valence electrons. The summed E-state index contributed by atoms with van der Waals surface area (Å²) in [6, 6.07) is 20.4. The van der Waals surface area contributed by atoms with Crippen molar-refractivity contribution in [2.45, 2.75) is 38.3 Å². The van der Waals surface area contributed by atoms with E-state index in [1.54, 1.807) is 73.7 Å². The fraction of sp³-hybridized carbons (Fsp3) is 0.310. The van der Waals surface area contributed by atoms with Crippen molar-refractivity contribution in [3.63, 3.8) is 0 Å². The number of nitrogens with zero attached hydrogens (tertiary/aromatic N) is 2. The highest BCUT2D eigenvalue weighted by Crippen LogP contribution is 2.26. The van der Waals surface area contributed by atoms with E-state index in [1.165, 1.54) is 24.1 Å². The molecule has 2 amide bonds. The van der Waals surface area contributed by atoms with Gasteiger partial charge in [0.1, 0.15) is 18.3 Å². The highest BCUT2D eigenvalue weighted by molar-refractivity contribution is 7.92. The van der Waals surface area contributed by atoms with Gasteiger partial charge in [0.15, 0.2) is 0 Å². The van der Waals surface area contributed by atoms with E-state index in [0.717, 1.165) is 4.31 Å². The molecule has 0 heterocycles. The summed E-state index contributed by atoms with van der Waals surface area (Å²) in [6.07, 6.45) is 0. The quantitative estimate of drug-likeness (QED) is 0.339. The maximum absolute atomic E-state index is 13.9. The zero-order valence-electron chi connectivity index (χ0n) is 22.5. The molecule has 0 saturated carbocycles. The number of methoxy groups -OCH3 is 1. The molecule has 0 bridgehead atoms. The van der Waals surface area contributed by atoms with Crippen LogP contribution in [-0.2, 0) is 26.2 Å². The average Bonchev–Trinajstić information content (AvgIpc) is 2.93. The number of hydrogen-bond acceptors (Lipinski definition) is 5. The third-order valence-electron chi connectivity index (χ3n) is 6.06. The van der Waals surface area contributed by atoms with E-state index < -0.39 is 28.5 Å². The lowest BCUT2D eigenvalue weighted by Gasteiger charge is -2.32. The Morgan fingerprint density at radius 3 is 2.21 bits per heavy atom. The number of nitrogens with one attached hydrogen (secondary N) is 1. The van der Waals surface area contributed by atoms with Crippen molar-refractivity contribution in [2.24, 2.45) is 5.92 Å². The average molecular weight is 572 g/mol. The monoisotopic (exact) mass is 571 g/mol. The molecule has 3 aromatic rings. The first-order chi connectivity index (χ1) is 18.5. The molecule has 8 nitrogen and oxygen atoms in total. The van der Waals surface area contributed by atoms with E-state index in [4.69, 9.17) is 16.3 Å². The highest BCUT2D eigenvalue weighted by Gasteiger charge is 2.32. The number of halogens is 1. The van der Waals surface area contributed by atoms with Crippen LogP contribution in [0.15, 0.2) is 83.8 Å². The smallest absolute Gasteiger partial charge is 0.264 e. The van der Waals surface area contributed by atoms with Crippen LogP contribution in [0, 0.1) is 5.92 Å². The van der Waals surface area contributed by atoms with Gasteiger partial charge in [0, 0.05) is 18.1 Å². The van der Waals surface area contributed by atoms with Gasteiger partial charge >= 0.3 is 0 Å². The van der Waals surface area contributed by atoms with E-state index in [9.17, 15) is 18.0 Å². The minimum Gasteiger partial charge on any atom is -0.497 e. The van der Waals surface area contributed by atoms with Crippen LogP contribution in [0.5, 0.6) is 5.75 Å². The fourth-order valence-electron chi connectivity index (χ4n) is 3.86. The van der Waals surface area contributed by atoms with E-state index in [0.29, 0.717) is 22.9 Å². The molecule has 0 aliphatic rings. The Morgan fingerprint density at radius 1 is 0.949 bits per heavy atom. The Kier molecular flexibility index (Phi) is 10.4. The molecule has 3 rings (SSSR count). The largest absolute Gasteiger partial charge is 0.497 e. The highest BCUT2D eigenvalue weighted by atomic mass is 35.5. The van der Waals surface area contributed by atoms with Gasteiger partial charge in [-0.15, -0.1) is 0 Å². The van der Waals surface area contributed by atoms with Gasteiger partial charge in [-0.3, -0.25) is 13.9 Å². The molecule has 0 saturated heterocycles. The molecule has 0 fully saturated rings. The molecule has 0 spiro atoms. The lowest BCUT2D eigenvalue weighted by Crippen LogP contribution is -2.51. The molecule has 0 aliphatic heterocycles. The molecule has 3 aromatic carbocycles. The van der Waals surface area contributed by atoms with Crippen LogP contribution in [0.2, 0.25) is 5.02 Å². The summed E-state index contributed by atoms with van der Waals surface area (Å²) < 4.78 is 33.8. The molecule has 0 aliphatic carbocycles.